The number of nitrogens with zero attached hydrogens (tertiary/aromatic N) is 3. The fraction of sp³-hybridized carbons (Fsp3) is 0.750. The zero-order valence-corrected chi connectivity index (χ0v) is 14.0. The average molecular weight is 281 g/mol. The zero-order chi connectivity index (χ0) is 15.5. The summed E-state index contributed by atoms with van der Waals surface area (Å²) >= 11 is 0. The van der Waals surface area contributed by atoms with Gasteiger partial charge < -0.3 is 9.80 Å². The maximum absolute atomic E-state index is 10.9. The summed E-state index contributed by atoms with van der Waals surface area (Å²) in [5.41, 5.74) is 0. The smallest absolute Gasteiger partial charge is 0.152 e. The molecule has 2 aliphatic heterocycles. The second-order valence-electron chi connectivity index (χ2n) is 4.96. The molecule has 0 spiro atoms. The summed E-state index contributed by atoms with van der Waals surface area (Å²) in [5.74, 6) is 1.45. The van der Waals surface area contributed by atoms with Crippen LogP contribution in [0.5, 0.6) is 0 Å². The number of likely N-dealkylation sites (N-methyl/N-ethyl adjacent to an activating group) is 1. The maximum Gasteiger partial charge on any atom is 0.152 e. The van der Waals surface area contributed by atoms with E-state index in [1.54, 1.807) is 6.92 Å². The Morgan fingerprint density at radius 2 is 2.00 bits per heavy atom. The van der Waals surface area contributed by atoms with Crippen LogP contribution in [0.1, 0.15) is 47.0 Å². The minimum Gasteiger partial charge on any atom is -0.371 e. The lowest BCUT2D eigenvalue weighted by Gasteiger charge is -2.27. The normalized spacial score (nSPS) is 21.1. The SMILES string of the molecule is CC.CC(=O)C1CCC=CN1C.CC1=NCCCN1C. The van der Waals surface area contributed by atoms with Gasteiger partial charge in [0.25, 0.3) is 0 Å². The van der Waals surface area contributed by atoms with E-state index in [9.17, 15) is 4.79 Å². The molecule has 1 atom stereocenters. The number of hydrogen-bond donors (Lipinski definition) is 0. The lowest BCUT2D eigenvalue weighted by atomic mass is 10.0. The van der Waals surface area contributed by atoms with E-state index >= 15 is 0 Å². The molecular weight excluding hydrogens is 250 g/mol. The van der Waals surface area contributed by atoms with E-state index in [2.05, 4.69) is 29.9 Å². The number of carbonyl (C=O) groups is 1. The quantitative estimate of drug-likeness (QED) is 0.741. The summed E-state index contributed by atoms with van der Waals surface area (Å²) < 4.78 is 0. The van der Waals surface area contributed by atoms with Gasteiger partial charge in [0.15, 0.2) is 5.78 Å². The molecular formula is C16H31N3O. The number of carbonyl (C=O) groups excluding carboxylic acids is 1. The maximum atomic E-state index is 10.9. The van der Waals surface area contributed by atoms with Crippen LogP contribution in [0.15, 0.2) is 17.3 Å². The van der Waals surface area contributed by atoms with Crippen LogP contribution in [-0.2, 0) is 4.79 Å². The van der Waals surface area contributed by atoms with Crippen LogP contribution in [-0.4, -0.2) is 54.6 Å². The molecule has 2 rings (SSSR count). The van der Waals surface area contributed by atoms with Crippen LogP contribution in [0.25, 0.3) is 0 Å². The highest BCUT2D eigenvalue weighted by atomic mass is 16.1. The number of aliphatic imine (C=N–C) groups is 1. The van der Waals surface area contributed by atoms with E-state index < -0.39 is 0 Å². The van der Waals surface area contributed by atoms with E-state index in [1.807, 2.05) is 32.0 Å². The zero-order valence-electron chi connectivity index (χ0n) is 14.0. The molecule has 0 aromatic rings. The third-order valence-corrected chi connectivity index (χ3v) is 3.45. The Balaban J connectivity index is 0.000000327. The van der Waals surface area contributed by atoms with Crippen molar-refractivity contribution in [3.8, 4) is 0 Å². The van der Waals surface area contributed by atoms with Gasteiger partial charge in [-0.05, 0) is 39.3 Å². The summed E-state index contributed by atoms with van der Waals surface area (Å²) in [4.78, 5) is 19.3. The average Bonchev–Trinajstić information content (AvgIpc) is 2.45. The van der Waals surface area contributed by atoms with Crippen LogP contribution in [0.4, 0.5) is 0 Å². The van der Waals surface area contributed by atoms with E-state index in [1.165, 1.54) is 18.8 Å². The van der Waals surface area contributed by atoms with Crippen molar-refractivity contribution >= 4 is 11.6 Å². The second-order valence-corrected chi connectivity index (χ2v) is 4.96. The van der Waals surface area contributed by atoms with Gasteiger partial charge in [0.1, 0.15) is 0 Å². The molecule has 0 saturated heterocycles. The number of amidine groups is 1. The van der Waals surface area contributed by atoms with E-state index in [4.69, 9.17) is 0 Å². The highest BCUT2D eigenvalue weighted by Gasteiger charge is 2.18. The van der Waals surface area contributed by atoms with Crippen molar-refractivity contribution in [1.82, 2.24) is 9.80 Å². The number of hydrogen-bond acceptors (Lipinski definition) is 4. The Bertz CT molecular complexity index is 337. The Morgan fingerprint density at radius 3 is 2.35 bits per heavy atom. The van der Waals surface area contributed by atoms with Gasteiger partial charge in [0.2, 0.25) is 0 Å². The van der Waals surface area contributed by atoms with Crippen molar-refractivity contribution in [2.75, 3.05) is 27.2 Å². The first-order valence-corrected chi connectivity index (χ1v) is 7.63. The molecule has 4 nitrogen and oxygen atoms in total. The summed E-state index contributed by atoms with van der Waals surface area (Å²) in [6.45, 7) is 9.91. The van der Waals surface area contributed by atoms with Gasteiger partial charge in [-0.2, -0.15) is 0 Å². The highest BCUT2D eigenvalue weighted by Crippen LogP contribution is 2.12. The Labute approximate surface area is 124 Å². The summed E-state index contributed by atoms with van der Waals surface area (Å²) in [6, 6.07) is 0.130. The highest BCUT2D eigenvalue weighted by molar-refractivity contribution is 5.81. The van der Waals surface area contributed by atoms with E-state index in [0.717, 1.165) is 19.4 Å². The molecule has 0 fully saturated rings. The molecule has 0 aliphatic carbocycles. The van der Waals surface area contributed by atoms with Crippen LogP contribution < -0.4 is 0 Å². The minimum absolute atomic E-state index is 0.130. The molecule has 0 saturated carbocycles. The number of ketones is 1. The first kappa shape index (κ1) is 18.7. The van der Waals surface area contributed by atoms with Crippen molar-refractivity contribution in [3.05, 3.63) is 12.3 Å². The molecule has 20 heavy (non-hydrogen) atoms. The predicted octanol–water partition coefficient (Wildman–Crippen LogP) is 2.95. The van der Waals surface area contributed by atoms with Crippen molar-refractivity contribution in [2.45, 2.75) is 53.0 Å². The van der Waals surface area contributed by atoms with Gasteiger partial charge in [-0.15, -0.1) is 0 Å². The largest absolute Gasteiger partial charge is 0.371 e. The molecule has 0 amide bonds. The van der Waals surface area contributed by atoms with Crippen LogP contribution >= 0.6 is 0 Å². The predicted molar refractivity (Wildman–Crippen MR) is 87.2 cm³/mol. The van der Waals surface area contributed by atoms with E-state index in [-0.39, 0.29) is 11.8 Å². The van der Waals surface area contributed by atoms with Crippen molar-refractivity contribution in [1.29, 1.82) is 0 Å². The molecule has 4 heteroatoms. The van der Waals surface area contributed by atoms with Gasteiger partial charge in [-0.1, -0.05) is 19.9 Å². The van der Waals surface area contributed by atoms with Gasteiger partial charge in [-0.3, -0.25) is 9.79 Å². The number of rotatable bonds is 1. The van der Waals surface area contributed by atoms with Gasteiger partial charge >= 0.3 is 0 Å². The molecule has 0 radical (unpaired) electrons. The molecule has 116 valence electrons. The monoisotopic (exact) mass is 281 g/mol. The summed E-state index contributed by atoms with van der Waals surface area (Å²) in [7, 11) is 4.03. The van der Waals surface area contributed by atoms with Gasteiger partial charge in [0, 0.05) is 27.2 Å². The third kappa shape index (κ3) is 6.73. The third-order valence-electron chi connectivity index (χ3n) is 3.45. The Hall–Kier alpha value is -1.32. The fourth-order valence-corrected chi connectivity index (χ4v) is 2.12. The molecule has 2 heterocycles. The lowest BCUT2D eigenvalue weighted by Crippen LogP contribution is -2.35. The van der Waals surface area contributed by atoms with Gasteiger partial charge in [-0.25, -0.2) is 0 Å². The molecule has 1 unspecified atom stereocenters. The molecule has 0 aromatic heterocycles. The first-order chi connectivity index (χ1) is 9.52. The second kappa shape index (κ2) is 10.5. The van der Waals surface area contributed by atoms with Crippen molar-refractivity contribution in [3.63, 3.8) is 0 Å². The van der Waals surface area contributed by atoms with E-state index in [0.29, 0.717) is 0 Å². The number of Topliss-reactive ketones (excluding diaryl/α,β-unsaturated/α-hetero) is 1. The topological polar surface area (TPSA) is 35.9 Å². The molecule has 0 aromatic carbocycles. The minimum atomic E-state index is 0.130. The van der Waals surface area contributed by atoms with Gasteiger partial charge in [0.05, 0.1) is 11.9 Å². The molecule has 0 bridgehead atoms. The summed E-state index contributed by atoms with van der Waals surface area (Å²) in [5, 5.41) is 0. The van der Waals surface area contributed by atoms with Crippen molar-refractivity contribution < 1.29 is 4.79 Å². The van der Waals surface area contributed by atoms with Crippen LogP contribution in [0.3, 0.4) is 0 Å². The molecule has 0 N–H and O–H groups in total. The van der Waals surface area contributed by atoms with Crippen molar-refractivity contribution in [2.24, 2.45) is 4.99 Å². The standard InChI is InChI=1S/C8H13NO.C6H12N2.C2H6/c1-7(10)8-5-3-4-6-9(8)2;1-6-7-4-3-5-8(6)2;1-2/h4,6,8H,3,5H2,1-2H3;3-5H2,1-2H3;1-2H3. The Morgan fingerprint density at radius 1 is 1.35 bits per heavy atom. The van der Waals surface area contributed by atoms with Crippen LogP contribution in [0.2, 0.25) is 0 Å². The van der Waals surface area contributed by atoms with Crippen LogP contribution in [0, 0.1) is 0 Å². The summed E-state index contributed by atoms with van der Waals surface area (Å²) in [6.07, 6.45) is 7.31. The fourth-order valence-electron chi connectivity index (χ4n) is 2.12. The number of allylic oxidation sites excluding steroid dienone is 1. The molecule has 2 aliphatic rings. The lowest BCUT2D eigenvalue weighted by molar-refractivity contribution is -0.121. The first-order valence-electron chi connectivity index (χ1n) is 7.63. The Kier molecular flexibility index (Phi) is 9.77.